The summed E-state index contributed by atoms with van der Waals surface area (Å²) in [5, 5.41) is 6.69. The van der Waals surface area contributed by atoms with Crippen molar-refractivity contribution in [1.29, 1.82) is 0 Å². The van der Waals surface area contributed by atoms with Crippen LogP contribution in [-0.4, -0.2) is 29.7 Å². The number of aryl methyl sites for hydroxylation is 1. The predicted molar refractivity (Wildman–Crippen MR) is 90.3 cm³/mol. The number of fused-ring (bicyclic) bond motifs is 1. The molecule has 0 spiro atoms. The Kier molecular flexibility index (Phi) is 4.76. The van der Waals surface area contributed by atoms with Gasteiger partial charge in [-0.25, -0.2) is 4.79 Å². The Hall–Kier alpha value is -2.80. The minimum Gasteiger partial charge on any atom is -0.488 e. The van der Waals surface area contributed by atoms with Gasteiger partial charge in [0.15, 0.2) is 11.9 Å². The molecule has 2 heterocycles. The molecule has 1 aromatic carbocycles. The number of hydrogen-bond donors (Lipinski definition) is 1. The molecule has 1 atom stereocenters. The van der Waals surface area contributed by atoms with Gasteiger partial charge in [0.2, 0.25) is 0 Å². The third-order valence-electron chi connectivity index (χ3n) is 3.48. The summed E-state index contributed by atoms with van der Waals surface area (Å²) in [4.78, 5) is 24.3. The van der Waals surface area contributed by atoms with Crippen molar-refractivity contribution >= 4 is 35.4 Å². The van der Waals surface area contributed by atoms with E-state index in [2.05, 4.69) is 10.5 Å². The highest BCUT2D eigenvalue weighted by atomic mass is 35.5. The molecule has 2 aromatic rings. The van der Waals surface area contributed by atoms with Gasteiger partial charge in [-0.05, 0) is 38.1 Å². The van der Waals surface area contributed by atoms with Gasteiger partial charge in [-0.3, -0.25) is 4.79 Å². The number of rotatable bonds is 4. The first kappa shape index (κ1) is 17.0. The minimum absolute atomic E-state index is 0.0598. The van der Waals surface area contributed by atoms with Gasteiger partial charge in [0.05, 0.1) is 5.57 Å². The molecule has 7 nitrogen and oxygen atoms in total. The number of carbonyl (C=O) groups is 2. The van der Waals surface area contributed by atoms with E-state index in [1.54, 1.807) is 37.3 Å². The molecule has 0 unspecified atom stereocenters. The van der Waals surface area contributed by atoms with Crippen LogP contribution in [0.1, 0.15) is 18.2 Å². The fraction of sp³-hybridized carbons (Fsp3) is 0.235. The maximum atomic E-state index is 12.2. The number of anilines is 1. The first-order chi connectivity index (χ1) is 11.9. The number of halogens is 1. The third-order valence-corrected chi connectivity index (χ3v) is 3.71. The fourth-order valence-electron chi connectivity index (χ4n) is 2.21. The zero-order chi connectivity index (χ0) is 18.0. The Morgan fingerprint density at radius 2 is 2.16 bits per heavy atom. The molecule has 1 aromatic heterocycles. The lowest BCUT2D eigenvalue weighted by molar-refractivity contribution is -0.149. The van der Waals surface area contributed by atoms with Crippen molar-refractivity contribution in [2.45, 2.75) is 20.0 Å². The smallest absolute Gasteiger partial charge is 0.338 e. The van der Waals surface area contributed by atoms with Crippen LogP contribution < -0.4 is 10.1 Å². The topological polar surface area (TPSA) is 90.7 Å². The second kappa shape index (κ2) is 6.98. The summed E-state index contributed by atoms with van der Waals surface area (Å²) in [6.07, 6.45) is 0.629. The van der Waals surface area contributed by atoms with Crippen LogP contribution in [0, 0.1) is 6.92 Å². The van der Waals surface area contributed by atoms with Crippen LogP contribution in [-0.2, 0) is 14.3 Å². The molecule has 1 aliphatic heterocycles. The molecule has 0 bridgehead atoms. The molecule has 1 amide bonds. The molecule has 0 fully saturated rings. The summed E-state index contributed by atoms with van der Waals surface area (Å²) in [7, 11) is 0. The fourth-order valence-corrected chi connectivity index (χ4v) is 2.39. The number of nitrogens with one attached hydrogen (secondary N) is 1. The van der Waals surface area contributed by atoms with Crippen LogP contribution >= 0.6 is 11.6 Å². The first-order valence-electron chi connectivity index (χ1n) is 7.50. The van der Waals surface area contributed by atoms with Crippen LogP contribution in [0.5, 0.6) is 5.75 Å². The van der Waals surface area contributed by atoms with E-state index < -0.39 is 18.0 Å². The lowest BCUT2D eigenvalue weighted by Crippen LogP contribution is -2.31. The summed E-state index contributed by atoms with van der Waals surface area (Å²) in [6.45, 7) is 3.23. The molecule has 3 rings (SSSR count). The van der Waals surface area contributed by atoms with Crippen LogP contribution in [0.15, 0.2) is 34.4 Å². The van der Waals surface area contributed by atoms with Gasteiger partial charge >= 0.3 is 5.97 Å². The Balaban J connectivity index is 1.64. The van der Waals surface area contributed by atoms with Crippen molar-refractivity contribution in [3.05, 3.63) is 46.2 Å². The summed E-state index contributed by atoms with van der Waals surface area (Å²) >= 11 is 5.94. The monoisotopic (exact) mass is 362 g/mol. The first-order valence-corrected chi connectivity index (χ1v) is 7.88. The average molecular weight is 363 g/mol. The van der Waals surface area contributed by atoms with Gasteiger partial charge < -0.3 is 19.3 Å². The second-order valence-corrected chi connectivity index (χ2v) is 5.94. The highest BCUT2D eigenvalue weighted by molar-refractivity contribution is 6.30. The lowest BCUT2D eigenvalue weighted by atomic mass is 10.1. The SMILES string of the molecule is Cc1cc(NC(=O)[C@H](C)OC(=O)C2=Cc3cc(Cl)ccc3OC2)no1. The molecule has 25 heavy (non-hydrogen) atoms. The number of hydrogen-bond acceptors (Lipinski definition) is 6. The largest absolute Gasteiger partial charge is 0.488 e. The molecule has 0 saturated heterocycles. The summed E-state index contributed by atoms with van der Waals surface area (Å²) in [6, 6.07) is 6.68. The maximum Gasteiger partial charge on any atom is 0.338 e. The predicted octanol–water partition coefficient (Wildman–Crippen LogP) is 2.98. The van der Waals surface area contributed by atoms with Gasteiger partial charge in [0.25, 0.3) is 5.91 Å². The van der Waals surface area contributed by atoms with E-state index in [-0.39, 0.29) is 12.4 Å². The second-order valence-electron chi connectivity index (χ2n) is 5.50. The molecule has 1 N–H and O–H groups in total. The quantitative estimate of drug-likeness (QED) is 0.841. The molecule has 8 heteroatoms. The number of aromatic nitrogens is 1. The number of benzene rings is 1. The Morgan fingerprint density at radius 3 is 2.88 bits per heavy atom. The van der Waals surface area contributed by atoms with Crippen molar-refractivity contribution in [2.24, 2.45) is 0 Å². The Morgan fingerprint density at radius 1 is 1.36 bits per heavy atom. The summed E-state index contributed by atoms with van der Waals surface area (Å²) in [5.41, 5.74) is 0.979. The minimum atomic E-state index is -1.01. The van der Waals surface area contributed by atoms with E-state index in [1.807, 2.05) is 0 Å². The molecule has 0 saturated carbocycles. The normalized spacial score (nSPS) is 14.0. The maximum absolute atomic E-state index is 12.2. The van der Waals surface area contributed by atoms with E-state index >= 15 is 0 Å². The zero-order valence-corrected chi connectivity index (χ0v) is 14.3. The Bertz CT molecular complexity index is 858. The number of esters is 1. The number of amides is 1. The van der Waals surface area contributed by atoms with E-state index in [0.717, 1.165) is 0 Å². The van der Waals surface area contributed by atoms with E-state index in [9.17, 15) is 9.59 Å². The van der Waals surface area contributed by atoms with Crippen LogP contribution in [0.4, 0.5) is 5.82 Å². The van der Waals surface area contributed by atoms with Gasteiger partial charge in [-0.2, -0.15) is 0 Å². The van der Waals surface area contributed by atoms with Gasteiger partial charge in [-0.1, -0.05) is 16.8 Å². The van der Waals surface area contributed by atoms with Gasteiger partial charge in [0.1, 0.15) is 18.1 Å². The molecule has 130 valence electrons. The van der Waals surface area contributed by atoms with Crippen molar-refractivity contribution in [2.75, 3.05) is 11.9 Å². The zero-order valence-electron chi connectivity index (χ0n) is 13.5. The third kappa shape index (κ3) is 4.00. The molecular formula is C17H15ClN2O5. The summed E-state index contributed by atoms with van der Waals surface area (Å²) < 4.78 is 15.5. The van der Waals surface area contributed by atoms with Crippen molar-refractivity contribution in [3.8, 4) is 5.75 Å². The van der Waals surface area contributed by atoms with Gasteiger partial charge in [-0.15, -0.1) is 0 Å². The van der Waals surface area contributed by atoms with E-state index in [1.165, 1.54) is 6.92 Å². The standard InChI is InChI=1S/C17H15ClN2O5/c1-9-5-15(20-25-9)19-16(21)10(2)24-17(22)12-6-11-7-13(18)3-4-14(11)23-8-12/h3-7,10H,8H2,1-2H3,(H,19,20,21)/t10-/m0/s1. The van der Waals surface area contributed by atoms with Gasteiger partial charge in [0, 0.05) is 16.7 Å². The van der Waals surface area contributed by atoms with Crippen LogP contribution in [0.2, 0.25) is 5.02 Å². The average Bonchev–Trinajstić information content (AvgIpc) is 2.98. The number of nitrogens with zero attached hydrogens (tertiary/aromatic N) is 1. The molecule has 0 aliphatic carbocycles. The van der Waals surface area contributed by atoms with Crippen LogP contribution in [0.3, 0.4) is 0 Å². The molecular weight excluding hydrogens is 348 g/mol. The highest BCUT2D eigenvalue weighted by Gasteiger charge is 2.24. The summed E-state index contributed by atoms with van der Waals surface area (Å²) in [5.74, 6) is 0.302. The highest BCUT2D eigenvalue weighted by Crippen LogP contribution is 2.29. The lowest BCUT2D eigenvalue weighted by Gasteiger charge is -2.19. The van der Waals surface area contributed by atoms with Crippen molar-refractivity contribution in [1.82, 2.24) is 5.16 Å². The molecule has 0 radical (unpaired) electrons. The van der Waals surface area contributed by atoms with E-state index in [4.69, 9.17) is 25.6 Å². The van der Waals surface area contributed by atoms with E-state index in [0.29, 0.717) is 27.7 Å². The number of carbonyl (C=O) groups excluding carboxylic acids is 2. The Labute approximate surface area is 148 Å². The van der Waals surface area contributed by atoms with Crippen LogP contribution in [0.25, 0.3) is 6.08 Å². The molecule has 1 aliphatic rings. The van der Waals surface area contributed by atoms with Crippen molar-refractivity contribution < 1.29 is 23.6 Å². The van der Waals surface area contributed by atoms with Crippen molar-refractivity contribution in [3.63, 3.8) is 0 Å². The number of ether oxygens (including phenoxy) is 2.